The molecule has 98 valence electrons. The summed E-state index contributed by atoms with van der Waals surface area (Å²) in [5, 5.41) is 0. The van der Waals surface area contributed by atoms with Gasteiger partial charge in [0.2, 0.25) is 0 Å². The Morgan fingerprint density at radius 3 is 1.81 bits per heavy atom. The van der Waals surface area contributed by atoms with E-state index in [0.29, 0.717) is 6.61 Å². The van der Waals surface area contributed by atoms with E-state index in [4.69, 9.17) is 13.3 Å². The van der Waals surface area contributed by atoms with Crippen molar-refractivity contribution in [2.24, 2.45) is 0 Å². The van der Waals surface area contributed by atoms with Crippen LogP contribution in [0.4, 0.5) is 0 Å². The average Bonchev–Trinajstić information content (AvgIpc) is 2.29. The van der Waals surface area contributed by atoms with E-state index >= 15 is 0 Å². The first-order chi connectivity index (χ1) is 7.61. The van der Waals surface area contributed by atoms with Gasteiger partial charge in [-0.3, -0.25) is 0 Å². The number of nitrogens with zero attached hydrogens (tertiary/aromatic N) is 1. The molecule has 0 heterocycles. The highest BCUT2D eigenvalue weighted by Gasteiger charge is 2.31. The summed E-state index contributed by atoms with van der Waals surface area (Å²) >= 11 is 0. The first-order valence-corrected chi connectivity index (χ1v) is 8.31. The number of rotatable bonds is 10. The molecule has 0 saturated carbocycles. The van der Waals surface area contributed by atoms with Gasteiger partial charge >= 0.3 is 8.80 Å². The van der Waals surface area contributed by atoms with Gasteiger partial charge in [-0.05, 0) is 25.9 Å². The van der Waals surface area contributed by atoms with Crippen LogP contribution in [0.2, 0.25) is 6.55 Å². The van der Waals surface area contributed by atoms with Crippen molar-refractivity contribution in [1.82, 2.24) is 4.90 Å². The summed E-state index contributed by atoms with van der Waals surface area (Å²) in [4.78, 5) is 2.42. The number of hydrogen-bond donors (Lipinski definition) is 0. The molecule has 16 heavy (non-hydrogen) atoms. The Labute approximate surface area is 101 Å². The molecule has 0 aliphatic carbocycles. The Bertz CT molecular complexity index is 159. The quantitative estimate of drug-likeness (QED) is 0.554. The third-order valence-electron chi connectivity index (χ3n) is 2.59. The lowest BCUT2D eigenvalue weighted by molar-refractivity contribution is 0.0915. The summed E-state index contributed by atoms with van der Waals surface area (Å²) in [6.07, 6.45) is 2.37. The van der Waals surface area contributed by atoms with Crippen molar-refractivity contribution in [2.75, 3.05) is 40.5 Å². The van der Waals surface area contributed by atoms with E-state index in [1.54, 1.807) is 14.2 Å². The van der Waals surface area contributed by atoms with Crippen LogP contribution in [0.25, 0.3) is 0 Å². The van der Waals surface area contributed by atoms with E-state index in [-0.39, 0.29) is 0 Å². The molecular formula is C11H27NO3Si. The third kappa shape index (κ3) is 6.60. The van der Waals surface area contributed by atoms with Crippen molar-refractivity contribution in [3.8, 4) is 0 Å². The zero-order chi connectivity index (χ0) is 12.4. The van der Waals surface area contributed by atoms with Gasteiger partial charge in [-0.15, -0.1) is 0 Å². The fourth-order valence-electron chi connectivity index (χ4n) is 1.53. The molecule has 0 saturated heterocycles. The maximum atomic E-state index is 5.70. The molecule has 0 spiro atoms. The highest BCUT2D eigenvalue weighted by atomic mass is 28.4. The molecule has 0 aliphatic rings. The average molecular weight is 249 g/mol. The van der Waals surface area contributed by atoms with Crippen LogP contribution in [0.5, 0.6) is 0 Å². The van der Waals surface area contributed by atoms with Crippen LogP contribution in [-0.4, -0.2) is 54.2 Å². The minimum atomic E-state index is -2.34. The second-order valence-electron chi connectivity index (χ2n) is 3.96. The highest BCUT2D eigenvalue weighted by Crippen LogP contribution is 2.06. The van der Waals surface area contributed by atoms with E-state index < -0.39 is 8.80 Å². The van der Waals surface area contributed by atoms with E-state index in [2.05, 4.69) is 18.7 Å². The summed E-state index contributed by atoms with van der Waals surface area (Å²) in [6, 6.07) is 0. The molecule has 0 unspecified atom stereocenters. The molecule has 0 aliphatic heterocycles. The predicted molar refractivity (Wildman–Crippen MR) is 68.6 cm³/mol. The summed E-state index contributed by atoms with van der Waals surface area (Å²) in [5.41, 5.74) is 0. The molecule has 0 rings (SSSR count). The SMILES string of the molecule is CCCN(CCC)CCO[Si](C)(OC)OC. The molecule has 0 aromatic carbocycles. The Hall–Kier alpha value is 0.0569. The number of hydrogen-bond acceptors (Lipinski definition) is 4. The Kier molecular flexibility index (Phi) is 9.16. The minimum absolute atomic E-state index is 0.685. The second kappa shape index (κ2) is 9.12. The maximum absolute atomic E-state index is 5.70. The fourth-order valence-corrected chi connectivity index (χ4v) is 2.39. The first-order valence-electron chi connectivity index (χ1n) is 6.08. The summed E-state index contributed by atoms with van der Waals surface area (Å²) in [7, 11) is 0.952. The van der Waals surface area contributed by atoms with Crippen molar-refractivity contribution in [1.29, 1.82) is 0 Å². The standard InChI is InChI=1S/C11H27NO3Si/c1-6-8-12(9-7-2)10-11-15-16(5,13-3)14-4/h6-11H2,1-5H3. The van der Waals surface area contributed by atoms with Crippen molar-refractivity contribution >= 4 is 8.80 Å². The molecular weight excluding hydrogens is 222 g/mol. The molecule has 0 radical (unpaired) electrons. The van der Waals surface area contributed by atoms with Crippen LogP contribution >= 0.6 is 0 Å². The van der Waals surface area contributed by atoms with Gasteiger partial charge in [0.15, 0.2) is 0 Å². The second-order valence-corrected chi connectivity index (χ2v) is 6.79. The molecule has 0 bridgehead atoms. The summed E-state index contributed by atoms with van der Waals surface area (Å²) in [6.45, 7) is 10.2. The molecule has 0 fully saturated rings. The zero-order valence-electron chi connectivity index (χ0n) is 11.4. The van der Waals surface area contributed by atoms with Crippen LogP contribution in [-0.2, 0) is 13.3 Å². The Morgan fingerprint density at radius 2 is 1.44 bits per heavy atom. The molecule has 0 N–H and O–H groups in total. The summed E-state index contributed by atoms with van der Waals surface area (Å²) < 4.78 is 16.2. The lowest BCUT2D eigenvalue weighted by atomic mass is 10.3. The van der Waals surface area contributed by atoms with Gasteiger partial charge in [0.05, 0.1) is 6.61 Å². The van der Waals surface area contributed by atoms with Gasteiger partial charge in [-0.2, -0.15) is 0 Å². The van der Waals surface area contributed by atoms with E-state index in [0.717, 1.165) is 19.6 Å². The van der Waals surface area contributed by atoms with E-state index in [9.17, 15) is 0 Å². The normalized spacial score (nSPS) is 12.4. The first kappa shape index (κ1) is 16.1. The summed E-state index contributed by atoms with van der Waals surface area (Å²) in [5.74, 6) is 0. The Balaban J connectivity index is 3.83. The highest BCUT2D eigenvalue weighted by molar-refractivity contribution is 6.59. The predicted octanol–water partition coefficient (Wildman–Crippen LogP) is 1.99. The van der Waals surface area contributed by atoms with Crippen molar-refractivity contribution in [3.63, 3.8) is 0 Å². The monoisotopic (exact) mass is 249 g/mol. The van der Waals surface area contributed by atoms with Crippen LogP contribution in [0, 0.1) is 0 Å². The Morgan fingerprint density at radius 1 is 0.938 bits per heavy atom. The van der Waals surface area contributed by atoms with Gasteiger partial charge in [-0.1, -0.05) is 13.8 Å². The van der Waals surface area contributed by atoms with Crippen LogP contribution < -0.4 is 0 Å². The molecule has 4 nitrogen and oxygen atoms in total. The van der Waals surface area contributed by atoms with Crippen molar-refractivity contribution in [3.05, 3.63) is 0 Å². The molecule has 0 atom stereocenters. The van der Waals surface area contributed by atoms with E-state index in [1.165, 1.54) is 12.8 Å². The maximum Gasteiger partial charge on any atom is 0.497 e. The molecule has 0 aromatic rings. The molecule has 0 amide bonds. The van der Waals surface area contributed by atoms with Gasteiger partial charge in [0.1, 0.15) is 0 Å². The minimum Gasteiger partial charge on any atom is -0.377 e. The van der Waals surface area contributed by atoms with Crippen LogP contribution in [0.15, 0.2) is 0 Å². The third-order valence-corrected chi connectivity index (χ3v) is 4.80. The zero-order valence-corrected chi connectivity index (χ0v) is 12.4. The van der Waals surface area contributed by atoms with Crippen molar-refractivity contribution < 1.29 is 13.3 Å². The topological polar surface area (TPSA) is 30.9 Å². The van der Waals surface area contributed by atoms with Crippen LogP contribution in [0.3, 0.4) is 0 Å². The smallest absolute Gasteiger partial charge is 0.377 e. The van der Waals surface area contributed by atoms with Gasteiger partial charge in [-0.25, -0.2) is 0 Å². The lowest BCUT2D eigenvalue weighted by Gasteiger charge is -2.25. The van der Waals surface area contributed by atoms with Crippen molar-refractivity contribution in [2.45, 2.75) is 33.2 Å². The fraction of sp³-hybridized carbons (Fsp3) is 1.00. The van der Waals surface area contributed by atoms with Gasteiger partial charge < -0.3 is 18.2 Å². The largest absolute Gasteiger partial charge is 0.497 e. The van der Waals surface area contributed by atoms with Crippen LogP contribution in [0.1, 0.15) is 26.7 Å². The van der Waals surface area contributed by atoms with Gasteiger partial charge in [0.25, 0.3) is 0 Å². The molecule has 5 heteroatoms. The van der Waals surface area contributed by atoms with E-state index in [1.807, 2.05) is 6.55 Å². The molecule has 0 aromatic heterocycles. The van der Waals surface area contributed by atoms with Gasteiger partial charge in [0, 0.05) is 27.3 Å². The lowest BCUT2D eigenvalue weighted by Crippen LogP contribution is -2.42.